The summed E-state index contributed by atoms with van der Waals surface area (Å²) >= 11 is 3.86. The van der Waals surface area contributed by atoms with Crippen LogP contribution in [0.5, 0.6) is 0 Å². The summed E-state index contributed by atoms with van der Waals surface area (Å²) in [5.41, 5.74) is 1.69. The minimum Gasteiger partial charge on any atom is -0.261 e. The lowest BCUT2D eigenvalue weighted by atomic mass is 9.83. The molecular formula is C13H18BrN. The molecular weight excluding hydrogens is 250 g/mol. The quantitative estimate of drug-likeness (QED) is 0.756. The summed E-state index contributed by atoms with van der Waals surface area (Å²) in [6.07, 6.45) is 8.43. The molecule has 1 aliphatic carbocycles. The molecule has 1 saturated carbocycles. The predicted molar refractivity (Wildman–Crippen MR) is 67.2 cm³/mol. The summed E-state index contributed by atoms with van der Waals surface area (Å²) in [5, 5.41) is 0. The van der Waals surface area contributed by atoms with Crippen molar-refractivity contribution in [1.82, 2.24) is 4.98 Å². The number of pyridine rings is 1. The normalized spacial score (nSPS) is 21.5. The first kappa shape index (κ1) is 11.1. The largest absolute Gasteiger partial charge is 0.261 e. The third-order valence-electron chi connectivity index (χ3n) is 3.62. The number of hydrogen-bond acceptors (Lipinski definition) is 1. The molecule has 1 aromatic rings. The molecule has 1 aromatic heterocycles. The van der Waals surface area contributed by atoms with Gasteiger partial charge in [0.2, 0.25) is 0 Å². The Morgan fingerprint density at radius 1 is 1.40 bits per heavy atom. The summed E-state index contributed by atoms with van der Waals surface area (Å²) in [5.74, 6) is 0. The van der Waals surface area contributed by atoms with Gasteiger partial charge in [-0.1, -0.05) is 41.8 Å². The molecule has 15 heavy (non-hydrogen) atoms. The summed E-state index contributed by atoms with van der Waals surface area (Å²) in [7, 11) is 0. The average Bonchev–Trinajstić information content (AvgIpc) is 2.68. The van der Waals surface area contributed by atoms with E-state index in [0.29, 0.717) is 10.2 Å². The van der Waals surface area contributed by atoms with E-state index in [9.17, 15) is 0 Å². The van der Waals surface area contributed by atoms with Crippen LogP contribution < -0.4 is 0 Å². The molecule has 0 N–H and O–H groups in total. The van der Waals surface area contributed by atoms with Gasteiger partial charge in [0.15, 0.2) is 0 Å². The third kappa shape index (κ3) is 2.60. The maximum Gasteiger partial charge on any atom is 0.0414 e. The van der Waals surface area contributed by atoms with Crippen molar-refractivity contribution in [3.63, 3.8) is 0 Å². The number of nitrogens with zero attached hydrogens (tertiary/aromatic N) is 1. The molecule has 0 aromatic carbocycles. The Kier molecular flexibility index (Phi) is 3.45. The monoisotopic (exact) mass is 267 g/mol. The lowest BCUT2D eigenvalue weighted by molar-refractivity contribution is 0.324. The molecule has 0 bridgehead atoms. The van der Waals surface area contributed by atoms with E-state index in [2.05, 4.69) is 40.0 Å². The molecule has 2 rings (SSSR count). The Balaban J connectivity index is 2.00. The van der Waals surface area contributed by atoms with Gasteiger partial charge >= 0.3 is 0 Å². The zero-order valence-corrected chi connectivity index (χ0v) is 10.8. The number of alkyl halides is 1. The summed E-state index contributed by atoms with van der Waals surface area (Å²) in [4.78, 5) is 4.96. The van der Waals surface area contributed by atoms with E-state index >= 15 is 0 Å². The number of aromatic nitrogens is 1. The van der Waals surface area contributed by atoms with Crippen molar-refractivity contribution in [3.8, 4) is 0 Å². The van der Waals surface area contributed by atoms with Crippen molar-refractivity contribution in [2.24, 2.45) is 5.41 Å². The van der Waals surface area contributed by atoms with E-state index < -0.39 is 0 Å². The molecule has 1 aliphatic rings. The van der Waals surface area contributed by atoms with Crippen LogP contribution in [0.4, 0.5) is 0 Å². The van der Waals surface area contributed by atoms with Crippen molar-refractivity contribution >= 4 is 15.9 Å². The fourth-order valence-electron chi connectivity index (χ4n) is 2.44. The van der Waals surface area contributed by atoms with Gasteiger partial charge in [-0.2, -0.15) is 0 Å². The number of halogens is 1. The van der Waals surface area contributed by atoms with Crippen molar-refractivity contribution in [1.29, 1.82) is 0 Å². The van der Waals surface area contributed by atoms with Crippen LogP contribution in [0.1, 0.15) is 38.3 Å². The van der Waals surface area contributed by atoms with Crippen molar-refractivity contribution < 1.29 is 0 Å². The molecule has 0 amide bonds. The first-order chi connectivity index (χ1) is 7.21. The molecule has 1 atom stereocenters. The van der Waals surface area contributed by atoms with E-state index in [4.69, 9.17) is 0 Å². The second-order valence-corrected chi connectivity index (χ2v) is 5.96. The highest BCUT2D eigenvalue weighted by Gasteiger charge is 2.35. The van der Waals surface area contributed by atoms with Crippen LogP contribution in [-0.4, -0.2) is 9.81 Å². The zero-order chi connectivity index (χ0) is 10.7. The number of rotatable bonds is 3. The highest BCUT2D eigenvalue weighted by Crippen LogP contribution is 2.44. The molecule has 1 heterocycles. The molecule has 1 fully saturated rings. The lowest BCUT2D eigenvalue weighted by Gasteiger charge is -2.29. The van der Waals surface area contributed by atoms with Gasteiger partial charge < -0.3 is 0 Å². The Labute approximate surface area is 100 Å². The van der Waals surface area contributed by atoms with Gasteiger partial charge in [-0.05, 0) is 30.4 Å². The molecule has 0 spiro atoms. The van der Waals surface area contributed by atoms with Gasteiger partial charge in [0.25, 0.3) is 0 Å². The lowest BCUT2D eigenvalue weighted by Crippen LogP contribution is -2.26. The molecule has 1 nitrogen and oxygen atoms in total. The van der Waals surface area contributed by atoms with Crippen LogP contribution in [0.2, 0.25) is 0 Å². The van der Waals surface area contributed by atoms with Gasteiger partial charge in [0.05, 0.1) is 0 Å². The van der Waals surface area contributed by atoms with Gasteiger partial charge in [-0.15, -0.1) is 0 Å². The minimum atomic E-state index is 0.484. The SMILES string of the molecule is CC1(C(Br)Cc2ccccn2)CCCC1. The van der Waals surface area contributed by atoms with Gasteiger partial charge in [-0.25, -0.2) is 0 Å². The van der Waals surface area contributed by atoms with Crippen molar-refractivity contribution in [2.45, 2.75) is 43.9 Å². The van der Waals surface area contributed by atoms with Crippen LogP contribution in [0.3, 0.4) is 0 Å². The fraction of sp³-hybridized carbons (Fsp3) is 0.615. The maximum absolute atomic E-state index is 4.39. The highest BCUT2D eigenvalue weighted by atomic mass is 79.9. The second-order valence-electron chi connectivity index (χ2n) is 4.85. The maximum atomic E-state index is 4.39. The van der Waals surface area contributed by atoms with Crippen LogP contribution in [0, 0.1) is 5.41 Å². The summed E-state index contributed by atoms with van der Waals surface area (Å²) in [6.45, 7) is 2.41. The first-order valence-corrected chi connectivity index (χ1v) is 6.66. The summed E-state index contributed by atoms with van der Waals surface area (Å²) in [6, 6.07) is 6.16. The Bertz CT molecular complexity index is 304. The smallest absolute Gasteiger partial charge is 0.0414 e. The van der Waals surface area contributed by atoms with Gasteiger partial charge in [0, 0.05) is 23.1 Å². The molecule has 2 heteroatoms. The van der Waals surface area contributed by atoms with Crippen LogP contribution in [0.15, 0.2) is 24.4 Å². The molecule has 0 saturated heterocycles. The van der Waals surface area contributed by atoms with Gasteiger partial charge in [-0.3, -0.25) is 4.98 Å². The molecule has 0 aliphatic heterocycles. The van der Waals surface area contributed by atoms with Crippen LogP contribution in [0.25, 0.3) is 0 Å². The average molecular weight is 268 g/mol. The van der Waals surface area contributed by atoms with E-state index in [-0.39, 0.29) is 0 Å². The fourth-order valence-corrected chi connectivity index (χ4v) is 3.23. The van der Waals surface area contributed by atoms with E-state index in [1.165, 1.54) is 31.4 Å². The summed E-state index contributed by atoms with van der Waals surface area (Å²) < 4.78 is 0. The van der Waals surface area contributed by atoms with E-state index in [1.54, 1.807) is 0 Å². The minimum absolute atomic E-state index is 0.484. The predicted octanol–water partition coefficient (Wildman–Crippen LogP) is 3.97. The first-order valence-electron chi connectivity index (χ1n) is 5.75. The Hall–Kier alpha value is -0.370. The van der Waals surface area contributed by atoms with Gasteiger partial charge in [0.1, 0.15) is 0 Å². The Morgan fingerprint density at radius 3 is 2.73 bits per heavy atom. The zero-order valence-electron chi connectivity index (χ0n) is 9.25. The highest BCUT2D eigenvalue weighted by molar-refractivity contribution is 9.09. The van der Waals surface area contributed by atoms with Crippen LogP contribution >= 0.6 is 15.9 Å². The number of hydrogen-bond donors (Lipinski definition) is 0. The Morgan fingerprint density at radius 2 is 2.13 bits per heavy atom. The second kappa shape index (κ2) is 4.65. The third-order valence-corrected chi connectivity index (χ3v) is 5.05. The molecule has 1 unspecified atom stereocenters. The standard InChI is InChI=1S/C13H18BrN/c1-13(7-3-4-8-13)12(14)10-11-6-2-5-9-15-11/h2,5-6,9,12H,3-4,7-8,10H2,1H3. The van der Waals surface area contributed by atoms with Crippen molar-refractivity contribution in [3.05, 3.63) is 30.1 Å². The van der Waals surface area contributed by atoms with Crippen LogP contribution in [-0.2, 0) is 6.42 Å². The molecule has 82 valence electrons. The van der Waals surface area contributed by atoms with E-state index in [0.717, 1.165) is 6.42 Å². The molecule has 0 radical (unpaired) electrons. The van der Waals surface area contributed by atoms with Crippen molar-refractivity contribution in [2.75, 3.05) is 0 Å². The topological polar surface area (TPSA) is 12.9 Å². The van der Waals surface area contributed by atoms with E-state index in [1.807, 2.05) is 12.3 Å².